The van der Waals surface area contributed by atoms with Gasteiger partial charge in [0.05, 0.1) is 38.4 Å². The number of carboxylic acid groups (broad SMARTS) is 2. The maximum Gasteiger partial charge on any atom is 0.306 e. The Balaban J connectivity index is 1.93. The Bertz CT molecular complexity index is 449. The Morgan fingerprint density at radius 2 is 1.54 bits per heavy atom. The molecule has 2 aliphatic heterocycles. The van der Waals surface area contributed by atoms with Crippen molar-refractivity contribution in [2.24, 2.45) is 16.7 Å². The molecule has 2 fully saturated rings. The minimum atomic E-state index is -0.893. The fraction of sp³-hybridized carbons (Fsp3) is 0.895. The molecule has 26 heavy (non-hydrogen) atoms. The molecule has 2 heterocycles. The number of carbonyl (C=O) groups is 2. The van der Waals surface area contributed by atoms with Gasteiger partial charge in [0.1, 0.15) is 0 Å². The molecule has 7 nitrogen and oxygen atoms in total. The van der Waals surface area contributed by atoms with Crippen molar-refractivity contribution in [1.29, 1.82) is 0 Å². The molecule has 1 unspecified atom stereocenters. The average molecular weight is 372 g/mol. The second-order valence-electron chi connectivity index (χ2n) is 7.78. The third-order valence-electron chi connectivity index (χ3n) is 6.12. The van der Waals surface area contributed by atoms with Crippen LogP contribution in [0.25, 0.3) is 0 Å². The van der Waals surface area contributed by atoms with E-state index in [0.29, 0.717) is 52.3 Å². The molecular formula is C19H32O7. The van der Waals surface area contributed by atoms with Crippen LogP contribution in [0, 0.1) is 16.7 Å². The van der Waals surface area contributed by atoms with E-state index in [1.165, 1.54) is 0 Å². The Labute approximate surface area is 155 Å². The summed E-state index contributed by atoms with van der Waals surface area (Å²) in [6.07, 6.45) is 3.04. The SMILES string of the molecule is CCC1(C(OCCC(CCCC(=O)O)C(=O)O)C2(CC)COC2)COC1. The molecule has 7 heteroatoms. The molecule has 0 aromatic rings. The smallest absolute Gasteiger partial charge is 0.306 e. The van der Waals surface area contributed by atoms with E-state index in [0.717, 1.165) is 12.8 Å². The third-order valence-corrected chi connectivity index (χ3v) is 6.12. The lowest BCUT2D eigenvalue weighted by atomic mass is 9.63. The van der Waals surface area contributed by atoms with Gasteiger partial charge in [-0.25, -0.2) is 0 Å². The van der Waals surface area contributed by atoms with Crippen LogP contribution in [0.4, 0.5) is 0 Å². The molecule has 0 bridgehead atoms. The number of ether oxygens (including phenoxy) is 3. The zero-order chi connectivity index (χ0) is 19.2. The molecular weight excluding hydrogens is 340 g/mol. The molecule has 0 amide bonds. The number of rotatable bonds is 13. The summed E-state index contributed by atoms with van der Waals surface area (Å²) in [4.78, 5) is 22.1. The van der Waals surface area contributed by atoms with E-state index in [2.05, 4.69) is 13.8 Å². The Morgan fingerprint density at radius 3 is 1.88 bits per heavy atom. The summed E-state index contributed by atoms with van der Waals surface area (Å²) >= 11 is 0. The van der Waals surface area contributed by atoms with Crippen molar-refractivity contribution in [1.82, 2.24) is 0 Å². The van der Waals surface area contributed by atoms with Crippen LogP contribution in [0.2, 0.25) is 0 Å². The molecule has 2 N–H and O–H groups in total. The van der Waals surface area contributed by atoms with Crippen LogP contribution in [0.1, 0.15) is 52.4 Å². The van der Waals surface area contributed by atoms with Gasteiger partial charge >= 0.3 is 11.9 Å². The van der Waals surface area contributed by atoms with Gasteiger partial charge in [0, 0.05) is 23.9 Å². The zero-order valence-corrected chi connectivity index (χ0v) is 15.9. The summed E-state index contributed by atoms with van der Waals surface area (Å²) in [7, 11) is 0. The summed E-state index contributed by atoms with van der Waals surface area (Å²) in [6, 6.07) is 0. The van der Waals surface area contributed by atoms with Crippen molar-refractivity contribution in [2.45, 2.75) is 58.5 Å². The summed E-state index contributed by atoms with van der Waals surface area (Å²) in [5.41, 5.74) is -0.0242. The molecule has 2 saturated heterocycles. The van der Waals surface area contributed by atoms with Crippen LogP contribution < -0.4 is 0 Å². The molecule has 1 atom stereocenters. The summed E-state index contributed by atoms with van der Waals surface area (Å²) in [5, 5.41) is 18.1. The first-order valence-electron chi connectivity index (χ1n) is 9.61. The van der Waals surface area contributed by atoms with E-state index >= 15 is 0 Å². The number of carboxylic acids is 2. The van der Waals surface area contributed by atoms with Gasteiger partial charge in [-0.3, -0.25) is 9.59 Å². The maximum absolute atomic E-state index is 11.4. The molecule has 2 aliphatic rings. The molecule has 0 saturated carbocycles. The second-order valence-corrected chi connectivity index (χ2v) is 7.78. The first-order valence-corrected chi connectivity index (χ1v) is 9.61. The Hall–Kier alpha value is -1.18. The third kappa shape index (κ3) is 4.56. The van der Waals surface area contributed by atoms with Crippen LogP contribution in [-0.4, -0.2) is 61.3 Å². The average Bonchev–Trinajstić information content (AvgIpc) is 2.51. The summed E-state index contributed by atoms with van der Waals surface area (Å²) in [6.45, 7) is 7.36. The van der Waals surface area contributed by atoms with E-state index < -0.39 is 17.9 Å². The summed E-state index contributed by atoms with van der Waals surface area (Å²) < 4.78 is 17.3. The number of hydrogen-bond donors (Lipinski definition) is 2. The predicted molar refractivity (Wildman–Crippen MR) is 94.1 cm³/mol. The monoisotopic (exact) mass is 372 g/mol. The van der Waals surface area contributed by atoms with Crippen LogP contribution in [0.15, 0.2) is 0 Å². The van der Waals surface area contributed by atoms with Gasteiger partial charge in [-0.15, -0.1) is 0 Å². The minimum Gasteiger partial charge on any atom is -0.481 e. The largest absolute Gasteiger partial charge is 0.481 e. The highest BCUT2D eigenvalue weighted by molar-refractivity contribution is 5.70. The van der Waals surface area contributed by atoms with E-state index in [1.54, 1.807) is 0 Å². The molecule has 0 aliphatic carbocycles. The van der Waals surface area contributed by atoms with Crippen molar-refractivity contribution in [3.8, 4) is 0 Å². The van der Waals surface area contributed by atoms with Crippen molar-refractivity contribution >= 4 is 11.9 Å². The number of aliphatic carboxylic acids is 2. The van der Waals surface area contributed by atoms with Gasteiger partial charge < -0.3 is 24.4 Å². The van der Waals surface area contributed by atoms with Crippen LogP contribution in [0.3, 0.4) is 0 Å². The second kappa shape index (κ2) is 9.15. The standard InChI is InChI=1S/C19H32O7/c1-3-18(10-24-11-18)17(19(4-2)12-25-13-19)26-9-8-14(16(22)23)6-5-7-15(20)21/h14,17H,3-13H2,1-2H3,(H,20,21)(H,22,23). The van der Waals surface area contributed by atoms with Crippen LogP contribution in [-0.2, 0) is 23.8 Å². The van der Waals surface area contributed by atoms with Crippen molar-refractivity contribution in [3.05, 3.63) is 0 Å². The molecule has 0 aromatic carbocycles. The molecule has 150 valence electrons. The normalized spacial score (nSPS) is 21.7. The highest BCUT2D eigenvalue weighted by Gasteiger charge is 2.57. The molecule has 2 rings (SSSR count). The summed E-state index contributed by atoms with van der Waals surface area (Å²) in [5.74, 6) is -2.35. The van der Waals surface area contributed by atoms with Gasteiger partial charge in [-0.1, -0.05) is 13.8 Å². The van der Waals surface area contributed by atoms with Gasteiger partial charge in [-0.05, 0) is 32.1 Å². The lowest BCUT2D eigenvalue weighted by molar-refractivity contribution is -0.274. The van der Waals surface area contributed by atoms with Gasteiger partial charge in [-0.2, -0.15) is 0 Å². The van der Waals surface area contributed by atoms with E-state index in [1.807, 2.05) is 0 Å². The predicted octanol–water partition coefficient (Wildman–Crippen LogP) is 2.57. The van der Waals surface area contributed by atoms with E-state index in [9.17, 15) is 14.7 Å². The van der Waals surface area contributed by atoms with Crippen molar-refractivity contribution in [2.75, 3.05) is 33.0 Å². The topological polar surface area (TPSA) is 102 Å². The van der Waals surface area contributed by atoms with Gasteiger partial charge in [0.15, 0.2) is 0 Å². The number of hydrogen-bond acceptors (Lipinski definition) is 5. The molecule has 0 radical (unpaired) electrons. The van der Waals surface area contributed by atoms with Crippen molar-refractivity contribution in [3.63, 3.8) is 0 Å². The highest BCUT2D eigenvalue weighted by Crippen LogP contribution is 2.49. The lowest BCUT2D eigenvalue weighted by Gasteiger charge is -2.57. The van der Waals surface area contributed by atoms with Crippen molar-refractivity contribution < 1.29 is 34.0 Å². The fourth-order valence-electron chi connectivity index (χ4n) is 4.03. The fourth-order valence-corrected chi connectivity index (χ4v) is 4.03. The molecule has 0 spiro atoms. The van der Waals surface area contributed by atoms with Crippen LogP contribution >= 0.6 is 0 Å². The lowest BCUT2D eigenvalue weighted by Crippen LogP contribution is -2.64. The molecule has 0 aromatic heterocycles. The Kier molecular flexibility index (Phi) is 7.43. The minimum absolute atomic E-state index is 0.000167. The highest BCUT2D eigenvalue weighted by atomic mass is 16.5. The van der Waals surface area contributed by atoms with Crippen LogP contribution in [0.5, 0.6) is 0 Å². The Morgan fingerprint density at radius 1 is 1.00 bits per heavy atom. The first kappa shape index (κ1) is 21.1. The zero-order valence-electron chi connectivity index (χ0n) is 15.9. The first-order chi connectivity index (χ1) is 12.4. The maximum atomic E-state index is 11.4. The van der Waals surface area contributed by atoms with E-state index in [4.69, 9.17) is 19.3 Å². The van der Waals surface area contributed by atoms with E-state index in [-0.39, 0.29) is 23.4 Å². The van der Waals surface area contributed by atoms with Gasteiger partial charge in [0.2, 0.25) is 0 Å². The quantitative estimate of drug-likeness (QED) is 0.512. The van der Waals surface area contributed by atoms with Gasteiger partial charge in [0.25, 0.3) is 0 Å².